The van der Waals surface area contributed by atoms with Crippen LogP contribution in [-0.4, -0.2) is 34.2 Å². The summed E-state index contributed by atoms with van der Waals surface area (Å²) in [5.74, 6) is -4.67. The fourth-order valence-corrected chi connectivity index (χ4v) is 1.25. The van der Waals surface area contributed by atoms with Gasteiger partial charge in [0.2, 0.25) is 0 Å². The molecule has 0 aliphatic carbocycles. The second kappa shape index (κ2) is 5.54. The molecule has 1 aromatic rings. The van der Waals surface area contributed by atoms with Crippen LogP contribution in [0.3, 0.4) is 0 Å². The number of aliphatic carboxylic acids is 1. The molecule has 98 valence electrons. The first kappa shape index (κ1) is 14.0. The molecule has 1 rings (SSSR count). The zero-order valence-electron chi connectivity index (χ0n) is 9.35. The maximum atomic E-state index is 12.9. The Balaban J connectivity index is 2.87. The van der Waals surface area contributed by atoms with E-state index >= 15 is 0 Å². The first-order chi connectivity index (χ1) is 8.32. The third-order valence-corrected chi connectivity index (χ3v) is 2.22. The Morgan fingerprint density at radius 2 is 1.89 bits per heavy atom. The van der Waals surface area contributed by atoms with E-state index in [9.17, 15) is 18.4 Å². The highest BCUT2D eigenvalue weighted by Crippen LogP contribution is 2.09. The van der Waals surface area contributed by atoms with Crippen LogP contribution in [0.1, 0.15) is 17.3 Å². The Hall–Kier alpha value is -2.02. The lowest BCUT2D eigenvalue weighted by Gasteiger charge is -2.16. The van der Waals surface area contributed by atoms with Crippen LogP contribution < -0.4 is 5.32 Å². The van der Waals surface area contributed by atoms with Gasteiger partial charge in [-0.2, -0.15) is 0 Å². The van der Waals surface area contributed by atoms with Crippen LogP contribution in [0, 0.1) is 11.6 Å². The summed E-state index contributed by atoms with van der Waals surface area (Å²) in [5, 5.41) is 19.9. The monoisotopic (exact) mass is 259 g/mol. The first-order valence-corrected chi connectivity index (χ1v) is 4.99. The highest BCUT2D eigenvalue weighted by atomic mass is 19.2. The quantitative estimate of drug-likeness (QED) is 0.736. The number of amides is 1. The Kier molecular flexibility index (Phi) is 4.33. The molecule has 18 heavy (non-hydrogen) atoms. The maximum Gasteiger partial charge on any atom is 0.328 e. The van der Waals surface area contributed by atoms with Crippen molar-refractivity contribution in [2.75, 3.05) is 0 Å². The molecule has 3 N–H and O–H groups in total. The van der Waals surface area contributed by atoms with Gasteiger partial charge < -0.3 is 15.5 Å². The molecule has 0 spiro atoms. The number of rotatable bonds is 4. The summed E-state index contributed by atoms with van der Waals surface area (Å²) in [6.07, 6.45) is -1.32. The van der Waals surface area contributed by atoms with Crippen LogP contribution in [0.4, 0.5) is 8.78 Å². The molecule has 0 radical (unpaired) electrons. The van der Waals surface area contributed by atoms with Crippen molar-refractivity contribution in [2.24, 2.45) is 0 Å². The van der Waals surface area contributed by atoms with Crippen molar-refractivity contribution in [1.82, 2.24) is 5.32 Å². The predicted octanol–water partition coefficient (Wildman–Crippen LogP) is 0.529. The van der Waals surface area contributed by atoms with E-state index in [-0.39, 0.29) is 5.56 Å². The van der Waals surface area contributed by atoms with E-state index in [1.54, 1.807) is 0 Å². The number of aliphatic hydroxyl groups is 1. The molecule has 0 saturated carbocycles. The van der Waals surface area contributed by atoms with Gasteiger partial charge in [0.25, 0.3) is 5.91 Å². The van der Waals surface area contributed by atoms with Gasteiger partial charge in [0, 0.05) is 5.56 Å². The molecule has 0 aromatic heterocycles. The van der Waals surface area contributed by atoms with Gasteiger partial charge in [-0.05, 0) is 25.1 Å². The number of nitrogens with one attached hydrogen (secondary N) is 1. The minimum absolute atomic E-state index is 0.235. The van der Waals surface area contributed by atoms with E-state index < -0.39 is 35.7 Å². The van der Waals surface area contributed by atoms with Gasteiger partial charge in [-0.25, -0.2) is 13.6 Å². The van der Waals surface area contributed by atoms with Crippen molar-refractivity contribution in [3.8, 4) is 0 Å². The van der Waals surface area contributed by atoms with Gasteiger partial charge >= 0.3 is 5.97 Å². The standard InChI is InChI=1S/C11H11F2NO4/c1-5(15)9(11(17)18)14-10(16)6-2-3-7(12)8(13)4-6/h2-5,9,15H,1H3,(H,14,16)(H,17,18)/t5-,9+/m1/s1. The third-order valence-electron chi connectivity index (χ3n) is 2.22. The summed E-state index contributed by atoms with van der Waals surface area (Å²) in [5.41, 5.74) is -0.235. The van der Waals surface area contributed by atoms with E-state index in [4.69, 9.17) is 10.2 Å². The Bertz CT molecular complexity index is 476. The normalized spacial score (nSPS) is 13.8. The lowest BCUT2D eigenvalue weighted by Crippen LogP contribution is -2.47. The number of carboxylic acids is 1. The first-order valence-electron chi connectivity index (χ1n) is 4.99. The number of aliphatic hydroxyl groups excluding tert-OH is 1. The van der Waals surface area contributed by atoms with Crippen molar-refractivity contribution < 1.29 is 28.6 Å². The van der Waals surface area contributed by atoms with Crippen LogP contribution >= 0.6 is 0 Å². The fraction of sp³-hybridized carbons (Fsp3) is 0.273. The smallest absolute Gasteiger partial charge is 0.328 e. The van der Waals surface area contributed by atoms with Crippen molar-refractivity contribution in [3.05, 3.63) is 35.4 Å². The van der Waals surface area contributed by atoms with Gasteiger partial charge in [0.05, 0.1) is 6.10 Å². The van der Waals surface area contributed by atoms with Crippen molar-refractivity contribution in [3.63, 3.8) is 0 Å². The highest BCUT2D eigenvalue weighted by molar-refractivity contribution is 5.96. The summed E-state index contributed by atoms with van der Waals surface area (Å²) < 4.78 is 25.5. The molecule has 7 heteroatoms. The molecule has 0 fully saturated rings. The zero-order chi connectivity index (χ0) is 13.9. The number of hydrogen-bond donors (Lipinski definition) is 3. The highest BCUT2D eigenvalue weighted by Gasteiger charge is 2.25. The summed E-state index contributed by atoms with van der Waals surface area (Å²) in [7, 11) is 0. The molecule has 1 aromatic carbocycles. The molecule has 0 unspecified atom stereocenters. The molecule has 2 atom stereocenters. The second-order valence-corrected chi connectivity index (χ2v) is 3.66. The minimum Gasteiger partial charge on any atom is -0.480 e. The Labute approximate surface area is 101 Å². The maximum absolute atomic E-state index is 12.9. The average molecular weight is 259 g/mol. The SMILES string of the molecule is C[C@@H](O)[C@H](NC(=O)c1ccc(F)c(F)c1)C(=O)O. The molecular formula is C11H11F2NO4. The van der Waals surface area contributed by atoms with E-state index in [1.807, 2.05) is 5.32 Å². The number of carboxylic acid groups (broad SMARTS) is 1. The molecule has 0 aliphatic rings. The second-order valence-electron chi connectivity index (χ2n) is 3.66. The van der Waals surface area contributed by atoms with Gasteiger partial charge in [-0.15, -0.1) is 0 Å². The van der Waals surface area contributed by atoms with Gasteiger partial charge in [0.15, 0.2) is 17.7 Å². The van der Waals surface area contributed by atoms with Crippen LogP contribution in [0.25, 0.3) is 0 Å². The average Bonchev–Trinajstić information content (AvgIpc) is 2.28. The number of hydrogen-bond acceptors (Lipinski definition) is 3. The van der Waals surface area contributed by atoms with Crippen LogP contribution in [0.15, 0.2) is 18.2 Å². The Morgan fingerprint density at radius 3 is 2.33 bits per heavy atom. The molecule has 0 saturated heterocycles. The molecule has 0 bridgehead atoms. The van der Waals surface area contributed by atoms with Crippen LogP contribution in [0.5, 0.6) is 0 Å². The number of carbonyl (C=O) groups excluding carboxylic acids is 1. The van der Waals surface area contributed by atoms with E-state index in [1.165, 1.54) is 6.92 Å². The Morgan fingerprint density at radius 1 is 1.28 bits per heavy atom. The largest absolute Gasteiger partial charge is 0.480 e. The van der Waals surface area contributed by atoms with E-state index in [2.05, 4.69) is 0 Å². The van der Waals surface area contributed by atoms with Crippen LogP contribution in [0.2, 0.25) is 0 Å². The van der Waals surface area contributed by atoms with Gasteiger partial charge in [-0.1, -0.05) is 0 Å². The lowest BCUT2D eigenvalue weighted by atomic mass is 10.1. The third kappa shape index (κ3) is 3.24. The lowest BCUT2D eigenvalue weighted by molar-refractivity contribution is -0.141. The summed E-state index contributed by atoms with van der Waals surface area (Å²) in [6, 6.07) is 0.883. The summed E-state index contributed by atoms with van der Waals surface area (Å²) >= 11 is 0. The molecule has 0 aliphatic heterocycles. The van der Waals surface area contributed by atoms with Crippen molar-refractivity contribution in [2.45, 2.75) is 19.1 Å². The zero-order valence-corrected chi connectivity index (χ0v) is 9.35. The predicted molar refractivity (Wildman–Crippen MR) is 56.9 cm³/mol. The fourth-order valence-electron chi connectivity index (χ4n) is 1.25. The number of halogens is 2. The summed E-state index contributed by atoms with van der Waals surface area (Å²) in [6.45, 7) is 1.18. The van der Waals surface area contributed by atoms with Gasteiger partial charge in [0.1, 0.15) is 0 Å². The topological polar surface area (TPSA) is 86.6 Å². The summed E-state index contributed by atoms with van der Waals surface area (Å²) in [4.78, 5) is 22.3. The molecule has 0 heterocycles. The number of carbonyl (C=O) groups is 2. The van der Waals surface area contributed by atoms with Crippen LogP contribution in [-0.2, 0) is 4.79 Å². The molecule has 1 amide bonds. The van der Waals surface area contributed by atoms with Crippen molar-refractivity contribution in [1.29, 1.82) is 0 Å². The molecular weight excluding hydrogens is 248 g/mol. The van der Waals surface area contributed by atoms with E-state index in [0.717, 1.165) is 12.1 Å². The van der Waals surface area contributed by atoms with E-state index in [0.29, 0.717) is 6.07 Å². The van der Waals surface area contributed by atoms with Gasteiger partial charge in [-0.3, -0.25) is 4.79 Å². The number of benzene rings is 1. The van der Waals surface area contributed by atoms with Crippen molar-refractivity contribution >= 4 is 11.9 Å². The minimum atomic E-state index is -1.52. The molecule has 5 nitrogen and oxygen atoms in total.